The molecule has 2 aromatic carbocycles. The molecule has 0 spiro atoms. The molecule has 0 atom stereocenters. The SMILES string of the molecule is Cc1ccccc1CC(=O)NCc1cccc(CN)c1. The highest BCUT2D eigenvalue weighted by atomic mass is 16.1. The minimum atomic E-state index is 0.0393. The number of hydrogen-bond acceptors (Lipinski definition) is 2. The van der Waals surface area contributed by atoms with Crippen molar-refractivity contribution >= 4 is 5.91 Å². The van der Waals surface area contributed by atoms with Gasteiger partial charge in [-0.05, 0) is 29.2 Å². The normalized spacial score (nSPS) is 10.3. The first-order chi connectivity index (χ1) is 9.69. The van der Waals surface area contributed by atoms with E-state index in [4.69, 9.17) is 5.73 Å². The van der Waals surface area contributed by atoms with E-state index in [-0.39, 0.29) is 5.91 Å². The summed E-state index contributed by atoms with van der Waals surface area (Å²) in [5.41, 5.74) is 9.98. The van der Waals surface area contributed by atoms with Crippen LogP contribution in [0.15, 0.2) is 48.5 Å². The molecule has 2 rings (SSSR count). The molecule has 0 radical (unpaired) electrons. The lowest BCUT2D eigenvalue weighted by Crippen LogP contribution is -2.24. The van der Waals surface area contributed by atoms with E-state index in [1.807, 2.05) is 55.5 Å². The fraction of sp³-hybridized carbons (Fsp3) is 0.235. The molecule has 2 aromatic rings. The molecule has 0 saturated heterocycles. The summed E-state index contributed by atoms with van der Waals surface area (Å²) in [5, 5.41) is 2.95. The largest absolute Gasteiger partial charge is 0.352 e. The Bertz CT molecular complexity index is 593. The number of carbonyl (C=O) groups is 1. The lowest BCUT2D eigenvalue weighted by Gasteiger charge is -2.08. The number of rotatable bonds is 5. The third-order valence-electron chi connectivity index (χ3n) is 3.33. The highest BCUT2D eigenvalue weighted by Crippen LogP contribution is 2.08. The van der Waals surface area contributed by atoms with E-state index in [2.05, 4.69) is 5.32 Å². The van der Waals surface area contributed by atoms with Crippen LogP contribution in [-0.2, 0) is 24.3 Å². The van der Waals surface area contributed by atoms with Gasteiger partial charge in [0.2, 0.25) is 5.91 Å². The summed E-state index contributed by atoms with van der Waals surface area (Å²) in [6, 6.07) is 15.9. The summed E-state index contributed by atoms with van der Waals surface area (Å²) in [7, 11) is 0. The number of amides is 1. The van der Waals surface area contributed by atoms with Crippen molar-refractivity contribution in [3.63, 3.8) is 0 Å². The molecule has 3 nitrogen and oxygen atoms in total. The van der Waals surface area contributed by atoms with Crippen molar-refractivity contribution in [3.05, 3.63) is 70.8 Å². The van der Waals surface area contributed by atoms with Crippen molar-refractivity contribution in [1.82, 2.24) is 5.32 Å². The van der Waals surface area contributed by atoms with Gasteiger partial charge < -0.3 is 11.1 Å². The molecule has 0 fully saturated rings. The van der Waals surface area contributed by atoms with Gasteiger partial charge in [0.25, 0.3) is 0 Å². The molecular formula is C17H20N2O. The average Bonchev–Trinajstić information content (AvgIpc) is 2.48. The van der Waals surface area contributed by atoms with E-state index in [9.17, 15) is 4.79 Å². The summed E-state index contributed by atoms with van der Waals surface area (Å²) >= 11 is 0. The van der Waals surface area contributed by atoms with E-state index in [0.717, 1.165) is 22.3 Å². The molecule has 1 amide bonds. The smallest absolute Gasteiger partial charge is 0.224 e. The highest BCUT2D eigenvalue weighted by Gasteiger charge is 2.05. The maximum atomic E-state index is 12.0. The Kier molecular flexibility index (Phi) is 4.91. The predicted octanol–water partition coefficient (Wildman–Crippen LogP) is 2.31. The first-order valence-corrected chi connectivity index (χ1v) is 6.78. The van der Waals surface area contributed by atoms with Crippen LogP contribution < -0.4 is 11.1 Å². The molecule has 0 bridgehead atoms. The fourth-order valence-electron chi connectivity index (χ4n) is 2.11. The molecule has 0 aliphatic carbocycles. The molecule has 0 saturated carbocycles. The first-order valence-electron chi connectivity index (χ1n) is 6.78. The summed E-state index contributed by atoms with van der Waals surface area (Å²) in [5.74, 6) is 0.0393. The third kappa shape index (κ3) is 3.93. The predicted molar refractivity (Wildman–Crippen MR) is 81.1 cm³/mol. The van der Waals surface area contributed by atoms with Crippen LogP contribution in [0.1, 0.15) is 22.3 Å². The summed E-state index contributed by atoms with van der Waals surface area (Å²) < 4.78 is 0. The highest BCUT2D eigenvalue weighted by molar-refractivity contribution is 5.78. The Labute approximate surface area is 119 Å². The van der Waals surface area contributed by atoms with Gasteiger partial charge in [0, 0.05) is 13.1 Å². The van der Waals surface area contributed by atoms with Crippen LogP contribution in [0.2, 0.25) is 0 Å². The van der Waals surface area contributed by atoms with Gasteiger partial charge in [-0.2, -0.15) is 0 Å². The minimum Gasteiger partial charge on any atom is -0.352 e. The molecule has 104 valence electrons. The zero-order valence-corrected chi connectivity index (χ0v) is 11.7. The molecule has 0 aromatic heterocycles. The quantitative estimate of drug-likeness (QED) is 0.874. The van der Waals surface area contributed by atoms with E-state index in [1.54, 1.807) is 0 Å². The number of nitrogens with two attached hydrogens (primary N) is 1. The van der Waals surface area contributed by atoms with Crippen molar-refractivity contribution in [3.8, 4) is 0 Å². The Morgan fingerprint density at radius 1 is 1.10 bits per heavy atom. The van der Waals surface area contributed by atoms with Crippen LogP contribution in [0.3, 0.4) is 0 Å². The van der Waals surface area contributed by atoms with Crippen molar-refractivity contribution in [2.45, 2.75) is 26.4 Å². The second-order valence-corrected chi connectivity index (χ2v) is 4.90. The first kappa shape index (κ1) is 14.3. The van der Waals surface area contributed by atoms with Crippen molar-refractivity contribution < 1.29 is 4.79 Å². The van der Waals surface area contributed by atoms with Crippen LogP contribution in [0.25, 0.3) is 0 Å². The number of benzene rings is 2. The van der Waals surface area contributed by atoms with Gasteiger partial charge in [0.05, 0.1) is 6.42 Å². The summed E-state index contributed by atoms with van der Waals surface area (Å²) in [4.78, 5) is 12.0. The van der Waals surface area contributed by atoms with Gasteiger partial charge in [-0.25, -0.2) is 0 Å². The van der Waals surface area contributed by atoms with Crippen LogP contribution in [-0.4, -0.2) is 5.91 Å². The second-order valence-electron chi connectivity index (χ2n) is 4.90. The van der Waals surface area contributed by atoms with Gasteiger partial charge in [0.1, 0.15) is 0 Å². The molecular weight excluding hydrogens is 248 g/mol. The Balaban J connectivity index is 1.90. The van der Waals surface area contributed by atoms with E-state index < -0.39 is 0 Å². The van der Waals surface area contributed by atoms with E-state index >= 15 is 0 Å². The van der Waals surface area contributed by atoms with Gasteiger partial charge in [-0.1, -0.05) is 48.5 Å². The average molecular weight is 268 g/mol. The topological polar surface area (TPSA) is 55.1 Å². The number of nitrogens with one attached hydrogen (secondary N) is 1. The standard InChI is InChI=1S/C17H20N2O/c1-13-5-2-3-8-16(13)10-17(20)19-12-15-7-4-6-14(9-15)11-18/h2-9H,10-12,18H2,1H3,(H,19,20). The Morgan fingerprint density at radius 2 is 1.85 bits per heavy atom. The number of aryl methyl sites for hydroxylation is 1. The Morgan fingerprint density at radius 3 is 2.60 bits per heavy atom. The summed E-state index contributed by atoms with van der Waals surface area (Å²) in [6.07, 6.45) is 0.420. The maximum Gasteiger partial charge on any atom is 0.224 e. The van der Waals surface area contributed by atoms with Crippen molar-refractivity contribution in [1.29, 1.82) is 0 Å². The molecule has 20 heavy (non-hydrogen) atoms. The third-order valence-corrected chi connectivity index (χ3v) is 3.33. The Hall–Kier alpha value is -2.13. The fourth-order valence-corrected chi connectivity index (χ4v) is 2.11. The molecule has 3 heteroatoms. The van der Waals surface area contributed by atoms with Gasteiger partial charge in [-0.15, -0.1) is 0 Å². The molecule has 0 aliphatic heterocycles. The molecule has 0 aliphatic rings. The van der Waals surface area contributed by atoms with E-state index in [1.165, 1.54) is 0 Å². The van der Waals surface area contributed by atoms with Crippen LogP contribution in [0, 0.1) is 6.92 Å². The van der Waals surface area contributed by atoms with Crippen LogP contribution >= 0.6 is 0 Å². The van der Waals surface area contributed by atoms with Crippen LogP contribution in [0.4, 0.5) is 0 Å². The second kappa shape index (κ2) is 6.87. The monoisotopic (exact) mass is 268 g/mol. The lowest BCUT2D eigenvalue weighted by molar-refractivity contribution is -0.120. The lowest BCUT2D eigenvalue weighted by atomic mass is 10.1. The zero-order valence-electron chi connectivity index (χ0n) is 11.7. The minimum absolute atomic E-state index is 0.0393. The van der Waals surface area contributed by atoms with Crippen molar-refractivity contribution in [2.75, 3.05) is 0 Å². The molecule has 0 unspecified atom stereocenters. The number of carbonyl (C=O) groups excluding carboxylic acids is 1. The van der Waals surface area contributed by atoms with Crippen molar-refractivity contribution in [2.24, 2.45) is 5.73 Å². The van der Waals surface area contributed by atoms with E-state index in [0.29, 0.717) is 19.5 Å². The van der Waals surface area contributed by atoms with Gasteiger partial charge in [0.15, 0.2) is 0 Å². The van der Waals surface area contributed by atoms with Crippen LogP contribution in [0.5, 0.6) is 0 Å². The molecule has 0 heterocycles. The maximum absolute atomic E-state index is 12.0. The van der Waals surface area contributed by atoms with Gasteiger partial charge >= 0.3 is 0 Å². The molecule has 3 N–H and O–H groups in total. The van der Waals surface area contributed by atoms with Gasteiger partial charge in [-0.3, -0.25) is 4.79 Å². The number of hydrogen-bond donors (Lipinski definition) is 2. The summed E-state index contributed by atoms with van der Waals surface area (Å²) in [6.45, 7) is 3.08. The zero-order chi connectivity index (χ0) is 14.4.